The van der Waals surface area contributed by atoms with Crippen molar-refractivity contribution in [1.29, 1.82) is 0 Å². The Morgan fingerprint density at radius 2 is 2.00 bits per heavy atom. The first-order valence-electron chi connectivity index (χ1n) is 7.13. The molecule has 0 amide bonds. The van der Waals surface area contributed by atoms with Gasteiger partial charge in [-0.3, -0.25) is 0 Å². The number of benzene rings is 2. The number of fused-ring (bicyclic) bond motifs is 1. The van der Waals surface area contributed by atoms with E-state index in [4.69, 9.17) is 9.47 Å². The minimum Gasteiger partial charge on any atom is -0.454 e. The second-order valence-corrected chi connectivity index (χ2v) is 6.00. The van der Waals surface area contributed by atoms with E-state index in [0.717, 1.165) is 28.9 Å². The monoisotopic (exact) mass is 347 g/mol. The van der Waals surface area contributed by atoms with Gasteiger partial charge in [-0.15, -0.1) is 0 Å². The Kier molecular flexibility index (Phi) is 4.46. The Bertz CT molecular complexity index is 630. The first-order valence-corrected chi connectivity index (χ1v) is 7.93. The van der Waals surface area contributed by atoms with Crippen molar-refractivity contribution in [3.05, 3.63) is 58.1 Å². The molecular formula is C17H18BrNO2. The summed E-state index contributed by atoms with van der Waals surface area (Å²) in [7, 11) is 0. The van der Waals surface area contributed by atoms with E-state index in [2.05, 4.69) is 52.4 Å². The summed E-state index contributed by atoms with van der Waals surface area (Å²) < 4.78 is 11.9. The summed E-state index contributed by atoms with van der Waals surface area (Å²) in [5, 5.41) is 3.60. The third-order valence-corrected chi connectivity index (χ3v) is 4.14. The molecule has 1 atom stereocenters. The normalized spacial score (nSPS) is 14.2. The van der Waals surface area contributed by atoms with Crippen LogP contribution in [0.3, 0.4) is 0 Å². The lowest BCUT2D eigenvalue weighted by molar-refractivity contribution is 0.174. The van der Waals surface area contributed by atoms with Crippen LogP contribution in [0.4, 0.5) is 0 Å². The molecule has 1 heterocycles. The van der Waals surface area contributed by atoms with Gasteiger partial charge in [0.05, 0.1) is 0 Å². The molecule has 0 bridgehead atoms. The molecule has 2 aromatic rings. The number of hydrogen-bond donors (Lipinski definition) is 1. The second-order valence-electron chi connectivity index (χ2n) is 5.08. The van der Waals surface area contributed by atoms with Gasteiger partial charge >= 0.3 is 0 Å². The molecule has 3 rings (SSSR count). The van der Waals surface area contributed by atoms with Crippen molar-refractivity contribution < 1.29 is 9.47 Å². The number of hydrogen-bond acceptors (Lipinski definition) is 3. The number of ether oxygens (including phenoxy) is 2. The summed E-state index contributed by atoms with van der Waals surface area (Å²) in [4.78, 5) is 0. The number of halogens is 1. The third kappa shape index (κ3) is 3.39. The molecule has 1 aliphatic heterocycles. The van der Waals surface area contributed by atoms with Gasteiger partial charge in [0.25, 0.3) is 0 Å². The van der Waals surface area contributed by atoms with Gasteiger partial charge in [0, 0.05) is 17.1 Å². The highest BCUT2D eigenvalue weighted by molar-refractivity contribution is 9.10. The molecule has 3 nitrogen and oxygen atoms in total. The summed E-state index contributed by atoms with van der Waals surface area (Å²) in [6.45, 7) is 3.32. The van der Waals surface area contributed by atoms with Crippen molar-refractivity contribution in [1.82, 2.24) is 5.32 Å². The van der Waals surface area contributed by atoms with Crippen LogP contribution in [0.15, 0.2) is 46.9 Å². The zero-order valence-corrected chi connectivity index (χ0v) is 13.5. The van der Waals surface area contributed by atoms with E-state index in [0.29, 0.717) is 12.8 Å². The smallest absolute Gasteiger partial charge is 0.231 e. The zero-order valence-electron chi connectivity index (χ0n) is 11.9. The van der Waals surface area contributed by atoms with Crippen molar-refractivity contribution in [2.45, 2.75) is 25.9 Å². The van der Waals surface area contributed by atoms with Crippen LogP contribution in [0, 0.1) is 0 Å². The van der Waals surface area contributed by atoms with Gasteiger partial charge in [-0.1, -0.05) is 41.1 Å². The predicted molar refractivity (Wildman–Crippen MR) is 86.6 cm³/mol. The van der Waals surface area contributed by atoms with Crippen molar-refractivity contribution in [2.75, 3.05) is 6.79 Å². The van der Waals surface area contributed by atoms with Gasteiger partial charge in [-0.05, 0) is 41.8 Å². The highest BCUT2D eigenvalue weighted by atomic mass is 79.9. The Morgan fingerprint density at radius 1 is 1.14 bits per heavy atom. The van der Waals surface area contributed by atoms with E-state index in [1.54, 1.807) is 0 Å². The zero-order chi connectivity index (χ0) is 14.7. The molecule has 0 saturated carbocycles. The van der Waals surface area contributed by atoms with E-state index in [1.807, 2.05) is 18.2 Å². The van der Waals surface area contributed by atoms with Crippen LogP contribution >= 0.6 is 15.9 Å². The summed E-state index contributed by atoms with van der Waals surface area (Å²) in [5.74, 6) is 1.67. The van der Waals surface area contributed by atoms with Crippen LogP contribution in [0.1, 0.15) is 30.5 Å². The molecule has 21 heavy (non-hydrogen) atoms. The van der Waals surface area contributed by atoms with Crippen LogP contribution in [0.2, 0.25) is 0 Å². The average Bonchev–Trinajstić information content (AvgIpc) is 2.95. The van der Waals surface area contributed by atoms with Gasteiger partial charge in [-0.25, -0.2) is 0 Å². The standard InChI is InChI=1S/C17H18BrNO2/c1-2-15(13-4-3-5-14(18)9-13)19-10-12-6-7-16-17(8-12)21-11-20-16/h3-9,15,19H,2,10-11H2,1H3. The Labute approximate surface area is 133 Å². The van der Waals surface area contributed by atoms with E-state index in [9.17, 15) is 0 Å². The highest BCUT2D eigenvalue weighted by Gasteiger charge is 2.14. The molecule has 0 saturated heterocycles. The van der Waals surface area contributed by atoms with Crippen molar-refractivity contribution >= 4 is 15.9 Å². The number of rotatable bonds is 5. The van der Waals surface area contributed by atoms with Crippen LogP contribution in [0.5, 0.6) is 11.5 Å². The largest absolute Gasteiger partial charge is 0.454 e. The summed E-state index contributed by atoms with van der Waals surface area (Å²) in [6.07, 6.45) is 1.04. The highest BCUT2D eigenvalue weighted by Crippen LogP contribution is 2.32. The van der Waals surface area contributed by atoms with E-state index < -0.39 is 0 Å². The molecule has 0 aliphatic carbocycles. The first kappa shape index (κ1) is 14.4. The Hall–Kier alpha value is -1.52. The molecule has 2 aromatic carbocycles. The quantitative estimate of drug-likeness (QED) is 0.868. The lowest BCUT2D eigenvalue weighted by Crippen LogP contribution is -2.20. The van der Waals surface area contributed by atoms with E-state index in [-0.39, 0.29) is 0 Å². The van der Waals surface area contributed by atoms with Gasteiger partial charge < -0.3 is 14.8 Å². The van der Waals surface area contributed by atoms with E-state index >= 15 is 0 Å². The van der Waals surface area contributed by atoms with Gasteiger partial charge in [-0.2, -0.15) is 0 Å². The average molecular weight is 348 g/mol. The number of nitrogens with one attached hydrogen (secondary N) is 1. The Balaban J connectivity index is 1.68. The minimum atomic E-state index is 0.321. The molecule has 0 fully saturated rings. The molecule has 1 N–H and O–H groups in total. The lowest BCUT2D eigenvalue weighted by Gasteiger charge is -2.18. The minimum absolute atomic E-state index is 0.321. The van der Waals surface area contributed by atoms with Crippen LogP contribution < -0.4 is 14.8 Å². The maximum atomic E-state index is 5.42. The topological polar surface area (TPSA) is 30.5 Å². The fourth-order valence-corrected chi connectivity index (χ4v) is 2.93. The fourth-order valence-electron chi connectivity index (χ4n) is 2.51. The maximum absolute atomic E-state index is 5.42. The van der Waals surface area contributed by atoms with Crippen molar-refractivity contribution in [3.63, 3.8) is 0 Å². The van der Waals surface area contributed by atoms with Gasteiger partial charge in [0.15, 0.2) is 11.5 Å². The third-order valence-electron chi connectivity index (χ3n) is 3.65. The molecule has 110 valence electrons. The van der Waals surface area contributed by atoms with E-state index in [1.165, 1.54) is 11.1 Å². The molecule has 1 unspecified atom stereocenters. The van der Waals surface area contributed by atoms with Gasteiger partial charge in [0.2, 0.25) is 6.79 Å². The maximum Gasteiger partial charge on any atom is 0.231 e. The molecule has 0 aromatic heterocycles. The molecule has 0 spiro atoms. The molecule has 0 radical (unpaired) electrons. The van der Waals surface area contributed by atoms with Crippen molar-refractivity contribution in [3.8, 4) is 11.5 Å². The van der Waals surface area contributed by atoms with Crippen LogP contribution in [-0.4, -0.2) is 6.79 Å². The Morgan fingerprint density at radius 3 is 2.81 bits per heavy atom. The first-order chi connectivity index (χ1) is 10.3. The summed E-state index contributed by atoms with van der Waals surface area (Å²) in [6, 6.07) is 14.9. The second kappa shape index (κ2) is 6.50. The van der Waals surface area contributed by atoms with Crippen molar-refractivity contribution in [2.24, 2.45) is 0 Å². The molecule has 4 heteroatoms. The summed E-state index contributed by atoms with van der Waals surface area (Å²) >= 11 is 3.53. The molecule has 1 aliphatic rings. The lowest BCUT2D eigenvalue weighted by atomic mass is 10.0. The predicted octanol–water partition coefficient (Wildman–Crippen LogP) is 4.42. The SMILES string of the molecule is CCC(NCc1ccc2c(c1)OCO2)c1cccc(Br)c1. The van der Waals surface area contributed by atoms with Crippen LogP contribution in [0.25, 0.3) is 0 Å². The fraction of sp³-hybridized carbons (Fsp3) is 0.294. The van der Waals surface area contributed by atoms with Gasteiger partial charge in [0.1, 0.15) is 0 Å². The summed E-state index contributed by atoms with van der Waals surface area (Å²) in [5.41, 5.74) is 2.50. The van der Waals surface area contributed by atoms with Crippen LogP contribution in [-0.2, 0) is 6.54 Å². The molecular weight excluding hydrogens is 330 g/mol.